The van der Waals surface area contributed by atoms with E-state index in [1.807, 2.05) is 10.7 Å². The fraction of sp³-hybridized carbons (Fsp3) is 0.500. The van der Waals surface area contributed by atoms with E-state index >= 15 is 0 Å². The van der Waals surface area contributed by atoms with Crippen molar-refractivity contribution in [2.75, 3.05) is 6.54 Å². The van der Waals surface area contributed by atoms with E-state index in [4.69, 9.17) is 5.73 Å². The van der Waals surface area contributed by atoms with Crippen molar-refractivity contribution in [2.45, 2.75) is 19.8 Å². The van der Waals surface area contributed by atoms with Gasteiger partial charge in [0.05, 0.1) is 11.9 Å². The van der Waals surface area contributed by atoms with Crippen molar-refractivity contribution in [3.63, 3.8) is 0 Å². The molecular weight excluding hydrogens is 184 g/mol. The number of hydrogen-bond acceptors (Lipinski definition) is 4. The summed E-state index contributed by atoms with van der Waals surface area (Å²) in [6, 6.07) is 0. The zero-order valence-electron chi connectivity index (χ0n) is 7.53. The monoisotopic (exact) mass is 196 g/mol. The summed E-state index contributed by atoms with van der Waals surface area (Å²) in [5.41, 5.74) is 6.59. The summed E-state index contributed by atoms with van der Waals surface area (Å²) in [7, 11) is 0. The second-order valence-corrected chi connectivity index (χ2v) is 3.87. The lowest BCUT2D eigenvalue weighted by atomic mass is 10.3. The molecule has 0 atom stereocenters. The number of hydrogen-bond donors (Lipinski definition) is 1. The Morgan fingerprint density at radius 1 is 1.62 bits per heavy atom. The number of nitrogens with zero attached hydrogens (tertiary/aromatic N) is 3. The topological polar surface area (TPSA) is 56.2 Å². The Bertz CT molecular complexity index is 403. The number of fused-ring (bicyclic) bond motifs is 1. The van der Waals surface area contributed by atoms with Crippen molar-refractivity contribution in [1.82, 2.24) is 14.6 Å². The molecule has 2 aromatic heterocycles. The maximum atomic E-state index is 5.48. The van der Waals surface area contributed by atoms with Gasteiger partial charge < -0.3 is 5.73 Å². The number of imidazole rings is 1. The maximum absolute atomic E-state index is 5.48. The van der Waals surface area contributed by atoms with Gasteiger partial charge in [-0.1, -0.05) is 18.3 Å². The molecule has 70 valence electrons. The van der Waals surface area contributed by atoms with E-state index in [9.17, 15) is 0 Å². The zero-order valence-corrected chi connectivity index (χ0v) is 8.34. The molecule has 0 amide bonds. The molecule has 2 aromatic rings. The summed E-state index contributed by atoms with van der Waals surface area (Å²) in [6.45, 7) is 2.74. The molecule has 0 aliphatic heterocycles. The smallest absolute Gasteiger partial charge is 0.212 e. The van der Waals surface area contributed by atoms with Crippen LogP contribution in [0.2, 0.25) is 0 Å². The number of rotatable bonds is 3. The molecular formula is C8H12N4S. The second-order valence-electron chi connectivity index (χ2n) is 2.83. The van der Waals surface area contributed by atoms with Crippen LogP contribution in [0.1, 0.15) is 17.6 Å². The molecule has 0 fully saturated rings. The fourth-order valence-corrected chi connectivity index (χ4v) is 2.06. The van der Waals surface area contributed by atoms with Crippen molar-refractivity contribution >= 4 is 16.3 Å². The summed E-state index contributed by atoms with van der Waals surface area (Å²) >= 11 is 1.64. The van der Waals surface area contributed by atoms with Crippen LogP contribution < -0.4 is 5.73 Å². The highest BCUT2D eigenvalue weighted by molar-refractivity contribution is 7.16. The molecule has 13 heavy (non-hydrogen) atoms. The molecule has 2 heterocycles. The van der Waals surface area contributed by atoms with Gasteiger partial charge in [0.1, 0.15) is 5.01 Å². The molecule has 0 saturated heterocycles. The van der Waals surface area contributed by atoms with Crippen LogP contribution in [-0.2, 0) is 12.8 Å². The highest BCUT2D eigenvalue weighted by atomic mass is 32.1. The Morgan fingerprint density at radius 2 is 2.46 bits per heavy atom. The van der Waals surface area contributed by atoms with Gasteiger partial charge in [0.2, 0.25) is 4.96 Å². The number of aryl methyl sites for hydroxylation is 1. The van der Waals surface area contributed by atoms with Gasteiger partial charge in [-0.25, -0.2) is 9.50 Å². The van der Waals surface area contributed by atoms with Crippen molar-refractivity contribution in [3.8, 4) is 0 Å². The third-order valence-corrected chi connectivity index (χ3v) is 2.97. The molecule has 2 N–H and O–H groups in total. The second kappa shape index (κ2) is 3.43. The lowest BCUT2D eigenvalue weighted by molar-refractivity contribution is 0.820. The lowest BCUT2D eigenvalue weighted by Crippen LogP contribution is -2.05. The molecule has 0 spiro atoms. The molecule has 2 rings (SSSR count). The first-order chi connectivity index (χ1) is 6.35. The van der Waals surface area contributed by atoms with Crippen molar-refractivity contribution < 1.29 is 0 Å². The Morgan fingerprint density at radius 3 is 3.15 bits per heavy atom. The Labute approximate surface area is 80.4 Å². The largest absolute Gasteiger partial charge is 0.330 e. The van der Waals surface area contributed by atoms with Gasteiger partial charge in [-0.15, -0.1) is 0 Å². The van der Waals surface area contributed by atoms with Crippen LogP contribution in [0.15, 0.2) is 6.20 Å². The van der Waals surface area contributed by atoms with Crippen LogP contribution in [0, 0.1) is 0 Å². The fourth-order valence-electron chi connectivity index (χ4n) is 1.24. The summed E-state index contributed by atoms with van der Waals surface area (Å²) in [5, 5.41) is 5.55. The SMILES string of the molecule is CCc1nn2c(CCN)cnc2s1. The summed E-state index contributed by atoms with van der Waals surface area (Å²) in [4.78, 5) is 5.24. The predicted molar refractivity (Wildman–Crippen MR) is 53.0 cm³/mol. The average Bonchev–Trinajstić information content (AvgIpc) is 2.67. The lowest BCUT2D eigenvalue weighted by Gasteiger charge is -1.92. The molecule has 0 aliphatic rings. The highest BCUT2D eigenvalue weighted by Gasteiger charge is 2.07. The van der Waals surface area contributed by atoms with Crippen LogP contribution in [0.3, 0.4) is 0 Å². The minimum atomic E-state index is 0.646. The van der Waals surface area contributed by atoms with E-state index in [1.54, 1.807) is 11.3 Å². The third-order valence-electron chi connectivity index (χ3n) is 1.90. The predicted octanol–water partition coefficient (Wildman–Crippen LogP) is 0.854. The van der Waals surface area contributed by atoms with Crippen LogP contribution in [0.25, 0.3) is 4.96 Å². The number of aromatic nitrogens is 3. The highest BCUT2D eigenvalue weighted by Crippen LogP contribution is 2.15. The van der Waals surface area contributed by atoms with Crippen LogP contribution >= 0.6 is 11.3 Å². The van der Waals surface area contributed by atoms with E-state index in [0.717, 1.165) is 28.5 Å². The zero-order chi connectivity index (χ0) is 9.26. The van der Waals surface area contributed by atoms with E-state index in [1.165, 1.54) is 0 Å². The van der Waals surface area contributed by atoms with Crippen molar-refractivity contribution in [2.24, 2.45) is 5.73 Å². The first kappa shape index (κ1) is 8.65. The Hall–Kier alpha value is -0.940. The molecule has 0 saturated carbocycles. The van der Waals surface area contributed by atoms with E-state index in [2.05, 4.69) is 17.0 Å². The molecule has 0 aromatic carbocycles. The van der Waals surface area contributed by atoms with Gasteiger partial charge in [-0.2, -0.15) is 5.10 Å². The first-order valence-electron chi connectivity index (χ1n) is 4.37. The van der Waals surface area contributed by atoms with Crippen LogP contribution in [0.5, 0.6) is 0 Å². The molecule has 0 bridgehead atoms. The Kier molecular flexibility index (Phi) is 2.28. The summed E-state index contributed by atoms with van der Waals surface area (Å²) in [5.74, 6) is 0. The molecule has 4 nitrogen and oxygen atoms in total. The standard InChI is InChI=1S/C8H12N4S/c1-2-7-11-12-6(3-4-9)5-10-8(12)13-7/h5H,2-4,9H2,1H3. The molecule has 0 radical (unpaired) electrons. The minimum Gasteiger partial charge on any atom is -0.330 e. The third kappa shape index (κ3) is 1.45. The van der Waals surface area contributed by atoms with Crippen molar-refractivity contribution in [1.29, 1.82) is 0 Å². The van der Waals surface area contributed by atoms with Gasteiger partial charge in [0, 0.05) is 6.42 Å². The minimum absolute atomic E-state index is 0.646. The van der Waals surface area contributed by atoms with E-state index < -0.39 is 0 Å². The van der Waals surface area contributed by atoms with Crippen molar-refractivity contribution in [3.05, 3.63) is 16.9 Å². The van der Waals surface area contributed by atoms with Gasteiger partial charge in [0.25, 0.3) is 0 Å². The maximum Gasteiger partial charge on any atom is 0.212 e. The van der Waals surface area contributed by atoms with Crippen LogP contribution in [-0.4, -0.2) is 21.1 Å². The van der Waals surface area contributed by atoms with Gasteiger partial charge in [0.15, 0.2) is 0 Å². The first-order valence-corrected chi connectivity index (χ1v) is 5.19. The summed E-state index contributed by atoms with van der Waals surface area (Å²) in [6.07, 6.45) is 3.66. The molecule has 0 aliphatic carbocycles. The van der Waals surface area contributed by atoms with E-state index in [0.29, 0.717) is 6.54 Å². The van der Waals surface area contributed by atoms with Gasteiger partial charge >= 0.3 is 0 Å². The summed E-state index contributed by atoms with van der Waals surface area (Å²) < 4.78 is 1.90. The van der Waals surface area contributed by atoms with Gasteiger partial charge in [-0.3, -0.25) is 0 Å². The molecule has 5 heteroatoms. The normalized spacial score (nSPS) is 11.2. The Balaban J connectivity index is 2.46. The van der Waals surface area contributed by atoms with Crippen LogP contribution in [0.4, 0.5) is 0 Å². The number of nitrogens with two attached hydrogens (primary N) is 1. The van der Waals surface area contributed by atoms with Gasteiger partial charge in [-0.05, 0) is 13.0 Å². The quantitative estimate of drug-likeness (QED) is 0.792. The molecule has 0 unspecified atom stereocenters. The van der Waals surface area contributed by atoms with E-state index in [-0.39, 0.29) is 0 Å². The average molecular weight is 196 g/mol.